The van der Waals surface area contributed by atoms with Crippen molar-refractivity contribution in [3.63, 3.8) is 0 Å². The standard InChI is InChI=1S/C58H109NO5/c1-4-7-10-13-16-19-22-25-27-28-29-31-33-36-39-42-45-48-51-58(63)64-54(49-46-43-40-37-34-24-21-18-15-12-9-6-3)52-57(62)59-55(53-60)56(61)50-47-44-41-38-35-32-30-26-23-20-17-14-11-8-5-2/h22,25,27-29,31,54-56,60-61H,4-21,23-24,26,30,32-53H2,1-3H3,(H,59,62)/b25-22+,28-27+,31-29+. The summed E-state index contributed by atoms with van der Waals surface area (Å²) in [4.78, 5) is 26.2. The molecule has 0 aromatic heterocycles. The van der Waals surface area contributed by atoms with Gasteiger partial charge < -0.3 is 20.3 Å². The molecule has 0 aliphatic heterocycles. The van der Waals surface area contributed by atoms with Gasteiger partial charge in [-0.1, -0.05) is 269 Å². The minimum Gasteiger partial charge on any atom is -0.462 e. The highest BCUT2D eigenvalue weighted by atomic mass is 16.5. The van der Waals surface area contributed by atoms with E-state index < -0.39 is 18.2 Å². The third kappa shape index (κ3) is 46.6. The van der Waals surface area contributed by atoms with E-state index in [0.717, 1.165) is 64.2 Å². The molecule has 376 valence electrons. The largest absolute Gasteiger partial charge is 0.462 e. The highest BCUT2D eigenvalue weighted by Crippen LogP contribution is 2.19. The van der Waals surface area contributed by atoms with Gasteiger partial charge in [0.25, 0.3) is 0 Å². The number of amides is 1. The van der Waals surface area contributed by atoms with Crippen LogP contribution in [-0.2, 0) is 14.3 Å². The van der Waals surface area contributed by atoms with E-state index in [1.165, 1.54) is 186 Å². The van der Waals surface area contributed by atoms with Crippen LogP contribution in [0.15, 0.2) is 36.5 Å². The van der Waals surface area contributed by atoms with E-state index in [1.54, 1.807) is 0 Å². The molecular formula is C58H109NO5. The smallest absolute Gasteiger partial charge is 0.306 e. The fourth-order valence-corrected chi connectivity index (χ4v) is 8.73. The van der Waals surface area contributed by atoms with Crippen molar-refractivity contribution in [2.45, 2.75) is 315 Å². The number of aliphatic hydroxyl groups excluding tert-OH is 2. The molecular weight excluding hydrogens is 791 g/mol. The second-order valence-electron chi connectivity index (χ2n) is 19.4. The Labute approximate surface area is 398 Å². The molecule has 0 aliphatic rings. The highest BCUT2D eigenvalue weighted by molar-refractivity contribution is 5.77. The second-order valence-corrected chi connectivity index (χ2v) is 19.4. The van der Waals surface area contributed by atoms with Crippen LogP contribution in [0, 0.1) is 0 Å². The zero-order chi connectivity index (χ0) is 46.7. The minimum atomic E-state index is -0.789. The predicted molar refractivity (Wildman–Crippen MR) is 278 cm³/mol. The van der Waals surface area contributed by atoms with Gasteiger partial charge in [0.1, 0.15) is 6.10 Å². The van der Waals surface area contributed by atoms with Gasteiger partial charge in [-0.25, -0.2) is 0 Å². The Bertz CT molecular complexity index is 1060. The van der Waals surface area contributed by atoms with Gasteiger partial charge in [-0.2, -0.15) is 0 Å². The molecule has 0 bridgehead atoms. The maximum Gasteiger partial charge on any atom is 0.306 e. The van der Waals surface area contributed by atoms with Crippen LogP contribution >= 0.6 is 0 Å². The van der Waals surface area contributed by atoms with Crippen LogP contribution in [0.5, 0.6) is 0 Å². The van der Waals surface area contributed by atoms with Crippen molar-refractivity contribution in [2.75, 3.05) is 6.61 Å². The number of aliphatic hydroxyl groups is 2. The molecule has 0 aromatic carbocycles. The second kappa shape index (κ2) is 52.1. The van der Waals surface area contributed by atoms with E-state index >= 15 is 0 Å². The molecule has 1 amide bonds. The number of hydrogen-bond acceptors (Lipinski definition) is 5. The third-order valence-corrected chi connectivity index (χ3v) is 13.0. The van der Waals surface area contributed by atoms with E-state index in [9.17, 15) is 19.8 Å². The van der Waals surface area contributed by atoms with Crippen LogP contribution in [0.1, 0.15) is 297 Å². The first-order chi connectivity index (χ1) is 31.5. The molecule has 3 N–H and O–H groups in total. The molecule has 0 saturated carbocycles. The van der Waals surface area contributed by atoms with Crippen molar-refractivity contribution < 1.29 is 24.5 Å². The highest BCUT2D eigenvalue weighted by Gasteiger charge is 2.24. The molecule has 6 nitrogen and oxygen atoms in total. The molecule has 0 spiro atoms. The minimum absolute atomic E-state index is 0.0735. The lowest BCUT2D eigenvalue weighted by atomic mass is 10.0. The fourth-order valence-electron chi connectivity index (χ4n) is 8.73. The van der Waals surface area contributed by atoms with E-state index in [1.807, 2.05) is 0 Å². The number of allylic oxidation sites excluding steroid dienone is 6. The van der Waals surface area contributed by atoms with Gasteiger partial charge in [-0.05, 0) is 51.4 Å². The summed E-state index contributed by atoms with van der Waals surface area (Å²) in [5.74, 6) is -0.482. The van der Waals surface area contributed by atoms with E-state index in [0.29, 0.717) is 19.3 Å². The van der Waals surface area contributed by atoms with Crippen molar-refractivity contribution in [1.82, 2.24) is 5.32 Å². The van der Waals surface area contributed by atoms with Crippen molar-refractivity contribution in [3.05, 3.63) is 36.5 Å². The van der Waals surface area contributed by atoms with Crippen LogP contribution in [0.2, 0.25) is 0 Å². The predicted octanol–water partition coefficient (Wildman–Crippen LogP) is 17.2. The molecule has 0 saturated heterocycles. The number of unbranched alkanes of at least 4 members (excludes halogenated alkanes) is 35. The SMILES string of the molecule is CCCCCCC/C=C/C=C/C=C/CCCCCCCC(=O)OC(CCCCCCCCCCCCCC)CC(=O)NC(CO)C(O)CCCCCCCCCCCCCCCCC. The number of hydrogen-bond donors (Lipinski definition) is 3. The summed E-state index contributed by atoms with van der Waals surface area (Å²) in [6.45, 7) is 6.49. The first kappa shape index (κ1) is 62.1. The molecule has 3 atom stereocenters. The molecule has 0 heterocycles. The topological polar surface area (TPSA) is 95.9 Å². The Morgan fingerprint density at radius 2 is 0.797 bits per heavy atom. The summed E-state index contributed by atoms with van der Waals surface area (Å²) in [6.07, 6.45) is 62.0. The van der Waals surface area contributed by atoms with Gasteiger partial charge in [-0.15, -0.1) is 0 Å². The summed E-state index contributed by atoms with van der Waals surface area (Å²) in [7, 11) is 0. The Kier molecular flexibility index (Phi) is 50.5. The Morgan fingerprint density at radius 3 is 1.19 bits per heavy atom. The van der Waals surface area contributed by atoms with Crippen LogP contribution in [0.25, 0.3) is 0 Å². The Morgan fingerprint density at radius 1 is 0.453 bits per heavy atom. The first-order valence-electron chi connectivity index (χ1n) is 28.2. The third-order valence-electron chi connectivity index (χ3n) is 13.0. The molecule has 0 aliphatic carbocycles. The number of esters is 1. The maximum atomic E-state index is 13.2. The summed E-state index contributed by atoms with van der Waals surface area (Å²) in [6, 6.07) is -0.703. The molecule has 3 unspecified atom stereocenters. The Balaban J connectivity index is 4.53. The van der Waals surface area contributed by atoms with Crippen molar-refractivity contribution in [3.8, 4) is 0 Å². The van der Waals surface area contributed by atoms with Crippen LogP contribution in [0.3, 0.4) is 0 Å². The molecule has 6 heteroatoms. The van der Waals surface area contributed by atoms with Gasteiger partial charge >= 0.3 is 5.97 Å². The quantitative estimate of drug-likeness (QED) is 0.0321. The average Bonchev–Trinajstić information content (AvgIpc) is 3.29. The molecule has 0 rings (SSSR count). The van der Waals surface area contributed by atoms with E-state index in [-0.39, 0.29) is 24.9 Å². The Hall–Kier alpha value is -1.92. The van der Waals surface area contributed by atoms with E-state index in [2.05, 4.69) is 62.5 Å². The normalized spacial score (nSPS) is 13.4. The summed E-state index contributed by atoms with van der Waals surface area (Å²) >= 11 is 0. The van der Waals surface area contributed by atoms with Gasteiger partial charge in [0, 0.05) is 6.42 Å². The van der Waals surface area contributed by atoms with Crippen LogP contribution in [0.4, 0.5) is 0 Å². The summed E-state index contributed by atoms with van der Waals surface area (Å²) < 4.78 is 5.95. The first-order valence-corrected chi connectivity index (χ1v) is 28.2. The van der Waals surface area contributed by atoms with E-state index in [4.69, 9.17) is 4.74 Å². The lowest BCUT2D eigenvalue weighted by molar-refractivity contribution is -0.151. The van der Waals surface area contributed by atoms with Gasteiger partial charge in [0.05, 0.1) is 25.2 Å². The lowest BCUT2D eigenvalue weighted by Crippen LogP contribution is -2.46. The maximum absolute atomic E-state index is 13.2. The summed E-state index contributed by atoms with van der Waals surface area (Å²) in [5, 5.41) is 23.8. The zero-order valence-corrected chi connectivity index (χ0v) is 42.9. The van der Waals surface area contributed by atoms with Crippen LogP contribution < -0.4 is 5.32 Å². The van der Waals surface area contributed by atoms with Gasteiger partial charge in [0.2, 0.25) is 5.91 Å². The van der Waals surface area contributed by atoms with Crippen molar-refractivity contribution in [1.29, 1.82) is 0 Å². The number of rotatable bonds is 51. The average molecular weight is 901 g/mol. The summed E-state index contributed by atoms with van der Waals surface area (Å²) in [5.41, 5.74) is 0. The molecule has 64 heavy (non-hydrogen) atoms. The molecule has 0 fully saturated rings. The van der Waals surface area contributed by atoms with Crippen molar-refractivity contribution in [2.24, 2.45) is 0 Å². The van der Waals surface area contributed by atoms with Crippen LogP contribution in [-0.4, -0.2) is 46.9 Å². The fraction of sp³-hybridized carbons (Fsp3) is 0.862. The monoisotopic (exact) mass is 900 g/mol. The number of nitrogens with one attached hydrogen (secondary N) is 1. The molecule has 0 radical (unpaired) electrons. The van der Waals surface area contributed by atoms with Gasteiger partial charge in [-0.3, -0.25) is 9.59 Å². The number of carbonyl (C=O) groups excluding carboxylic acids is 2. The van der Waals surface area contributed by atoms with Gasteiger partial charge in [0.15, 0.2) is 0 Å². The number of carbonyl (C=O) groups is 2. The lowest BCUT2D eigenvalue weighted by Gasteiger charge is -2.24. The van der Waals surface area contributed by atoms with Crippen molar-refractivity contribution >= 4 is 11.9 Å². The number of ether oxygens (including phenoxy) is 1. The zero-order valence-electron chi connectivity index (χ0n) is 42.9. The molecule has 0 aromatic rings.